The maximum atomic E-state index is 11.9. The lowest BCUT2D eigenvalue weighted by Gasteiger charge is -2.36. The van der Waals surface area contributed by atoms with E-state index >= 15 is 0 Å². The SMILES string of the molecule is CC(C)S(=O)(=O)Nc1ccc(CNc2ccc(N3C[C@@H](C)O[C@@H](C)C3)nc2)cc1. The molecule has 1 saturated heterocycles. The van der Waals surface area contributed by atoms with Gasteiger partial charge in [0.1, 0.15) is 5.82 Å². The molecule has 0 amide bonds. The monoisotopic (exact) mass is 418 g/mol. The van der Waals surface area contributed by atoms with Crippen LogP contribution in [0.2, 0.25) is 0 Å². The Morgan fingerprint density at radius 3 is 2.24 bits per heavy atom. The number of ether oxygens (including phenoxy) is 1. The third kappa shape index (κ3) is 5.83. The predicted octanol–water partition coefficient (Wildman–Crippen LogP) is 3.46. The number of nitrogens with zero attached hydrogens (tertiary/aromatic N) is 2. The van der Waals surface area contributed by atoms with E-state index in [2.05, 4.69) is 33.8 Å². The van der Waals surface area contributed by atoms with Crippen molar-refractivity contribution in [2.75, 3.05) is 28.0 Å². The van der Waals surface area contributed by atoms with Gasteiger partial charge in [0.15, 0.2) is 0 Å². The second-order valence-electron chi connectivity index (χ2n) is 7.81. The van der Waals surface area contributed by atoms with Crippen LogP contribution in [0.3, 0.4) is 0 Å². The van der Waals surface area contributed by atoms with E-state index in [0.717, 1.165) is 30.2 Å². The maximum absolute atomic E-state index is 11.9. The van der Waals surface area contributed by atoms with Crippen LogP contribution >= 0.6 is 0 Å². The number of benzene rings is 1. The first-order chi connectivity index (χ1) is 13.7. The van der Waals surface area contributed by atoms with Gasteiger partial charge in [-0.1, -0.05) is 12.1 Å². The summed E-state index contributed by atoms with van der Waals surface area (Å²) in [5.74, 6) is 0.958. The summed E-state index contributed by atoms with van der Waals surface area (Å²) in [6.07, 6.45) is 2.24. The van der Waals surface area contributed by atoms with Crippen LogP contribution in [0.15, 0.2) is 42.6 Å². The highest BCUT2D eigenvalue weighted by atomic mass is 32.2. The van der Waals surface area contributed by atoms with Gasteiger partial charge < -0.3 is 15.0 Å². The molecule has 2 atom stereocenters. The molecular weight excluding hydrogens is 388 g/mol. The number of pyridine rings is 1. The van der Waals surface area contributed by atoms with Crippen molar-refractivity contribution >= 4 is 27.2 Å². The Morgan fingerprint density at radius 1 is 1.07 bits per heavy atom. The molecule has 0 bridgehead atoms. The van der Waals surface area contributed by atoms with E-state index in [4.69, 9.17) is 4.74 Å². The Kier molecular flexibility index (Phi) is 6.64. The Balaban J connectivity index is 1.55. The highest BCUT2D eigenvalue weighted by Crippen LogP contribution is 2.20. The van der Waals surface area contributed by atoms with Crippen LogP contribution in [0.25, 0.3) is 0 Å². The zero-order valence-electron chi connectivity index (χ0n) is 17.4. The summed E-state index contributed by atoms with van der Waals surface area (Å²) in [4.78, 5) is 6.84. The molecule has 0 radical (unpaired) electrons. The quantitative estimate of drug-likeness (QED) is 0.716. The second kappa shape index (κ2) is 9.00. The first-order valence-corrected chi connectivity index (χ1v) is 11.5. The molecule has 0 saturated carbocycles. The van der Waals surface area contributed by atoms with E-state index in [1.54, 1.807) is 26.0 Å². The third-order valence-electron chi connectivity index (χ3n) is 4.82. The van der Waals surface area contributed by atoms with Crippen LogP contribution in [-0.4, -0.2) is 43.9 Å². The van der Waals surface area contributed by atoms with Gasteiger partial charge in [0, 0.05) is 25.3 Å². The Bertz CT molecular complexity index is 889. The van der Waals surface area contributed by atoms with Crippen LogP contribution in [-0.2, 0) is 21.3 Å². The van der Waals surface area contributed by atoms with Gasteiger partial charge in [0.25, 0.3) is 0 Å². The summed E-state index contributed by atoms with van der Waals surface area (Å²) >= 11 is 0. The zero-order valence-corrected chi connectivity index (χ0v) is 18.2. The number of hydrogen-bond donors (Lipinski definition) is 2. The lowest BCUT2D eigenvalue weighted by molar-refractivity contribution is -0.00545. The lowest BCUT2D eigenvalue weighted by atomic mass is 10.2. The van der Waals surface area contributed by atoms with Gasteiger partial charge in [-0.2, -0.15) is 0 Å². The van der Waals surface area contributed by atoms with Gasteiger partial charge in [-0.05, 0) is 57.5 Å². The first-order valence-electron chi connectivity index (χ1n) is 9.94. The van der Waals surface area contributed by atoms with Crippen molar-refractivity contribution in [2.45, 2.75) is 51.7 Å². The molecule has 2 heterocycles. The molecule has 1 aliphatic heterocycles. The summed E-state index contributed by atoms with van der Waals surface area (Å²) in [5, 5.41) is 2.88. The van der Waals surface area contributed by atoms with Gasteiger partial charge in [-0.15, -0.1) is 0 Å². The summed E-state index contributed by atoms with van der Waals surface area (Å²) in [6.45, 7) is 9.79. The number of nitrogens with one attached hydrogen (secondary N) is 2. The van der Waals surface area contributed by atoms with E-state index in [1.807, 2.05) is 30.5 Å². The molecule has 1 fully saturated rings. The maximum Gasteiger partial charge on any atom is 0.235 e. The van der Waals surface area contributed by atoms with Crippen molar-refractivity contribution in [3.8, 4) is 0 Å². The van der Waals surface area contributed by atoms with E-state index in [0.29, 0.717) is 12.2 Å². The van der Waals surface area contributed by atoms with Gasteiger partial charge in [-0.3, -0.25) is 4.72 Å². The van der Waals surface area contributed by atoms with E-state index in [1.165, 1.54) is 0 Å². The van der Waals surface area contributed by atoms with Crippen molar-refractivity contribution in [1.82, 2.24) is 4.98 Å². The topological polar surface area (TPSA) is 83.6 Å². The van der Waals surface area contributed by atoms with Gasteiger partial charge in [0.05, 0.1) is 29.3 Å². The fourth-order valence-electron chi connectivity index (χ4n) is 3.22. The van der Waals surface area contributed by atoms with E-state index in [-0.39, 0.29) is 12.2 Å². The Hall–Kier alpha value is -2.32. The van der Waals surface area contributed by atoms with E-state index in [9.17, 15) is 8.42 Å². The molecule has 0 unspecified atom stereocenters. The number of aromatic nitrogens is 1. The molecule has 1 aliphatic rings. The summed E-state index contributed by atoms with van der Waals surface area (Å²) in [6, 6.07) is 11.4. The predicted molar refractivity (Wildman–Crippen MR) is 118 cm³/mol. The molecule has 0 spiro atoms. The highest BCUT2D eigenvalue weighted by Gasteiger charge is 2.23. The number of anilines is 3. The van der Waals surface area contributed by atoms with Gasteiger partial charge in [0.2, 0.25) is 10.0 Å². The summed E-state index contributed by atoms with van der Waals surface area (Å²) in [5.41, 5.74) is 2.56. The standard InChI is InChI=1S/C21H30N4O3S/c1-15(2)29(26,27)24-19-7-5-18(6-8-19)11-22-20-9-10-21(23-12-20)25-13-16(3)28-17(4)14-25/h5-10,12,15-17,22,24H,11,13-14H2,1-4H3/t16-,17+. The van der Waals surface area contributed by atoms with E-state index < -0.39 is 15.3 Å². The number of hydrogen-bond acceptors (Lipinski definition) is 6. The molecule has 3 rings (SSSR count). The molecule has 2 aromatic rings. The normalized spacial score (nSPS) is 20.0. The molecule has 158 valence electrons. The zero-order chi connectivity index (χ0) is 21.0. The number of morpholine rings is 1. The number of rotatable bonds is 7. The minimum atomic E-state index is -3.33. The average molecular weight is 419 g/mol. The third-order valence-corrected chi connectivity index (χ3v) is 6.58. The van der Waals surface area contributed by atoms with Crippen molar-refractivity contribution in [3.05, 3.63) is 48.2 Å². The van der Waals surface area contributed by atoms with Crippen LogP contribution in [0.4, 0.5) is 17.2 Å². The van der Waals surface area contributed by atoms with Crippen LogP contribution in [0, 0.1) is 0 Å². The van der Waals surface area contributed by atoms with Crippen molar-refractivity contribution < 1.29 is 13.2 Å². The van der Waals surface area contributed by atoms with Crippen molar-refractivity contribution in [2.24, 2.45) is 0 Å². The molecule has 1 aromatic carbocycles. The minimum absolute atomic E-state index is 0.200. The molecule has 29 heavy (non-hydrogen) atoms. The minimum Gasteiger partial charge on any atom is -0.380 e. The fraction of sp³-hybridized carbons (Fsp3) is 0.476. The Labute approximate surface area is 173 Å². The molecule has 7 nitrogen and oxygen atoms in total. The molecular formula is C21H30N4O3S. The summed E-state index contributed by atoms with van der Waals surface area (Å²) < 4.78 is 32.2. The van der Waals surface area contributed by atoms with Gasteiger partial charge in [-0.25, -0.2) is 13.4 Å². The Morgan fingerprint density at radius 2 is 1.69 bits per heavy atom. The van der Waals surface area contributed by atoms with Crippen molar-refractivity contribution in [3.63, 3.8) is 0 Å². The largest absolute Gasteiger partial charge is 0.380 e. The fourth-order valence-corrected chi connectivity index (χ4v) is 3.92. The van der Waals surface area contributed by atoms with Crippen LogP contribution in [0.1, 0.15) is 33.3 Å². The lowest BCUT2D eigenvalue weighted by Crippen LogP contribution is -2.45. The highest BCUT2D eigenvalue weighted by molar-refractivity contribution is 7.93. The summed E-state index contributed by atoms with van der Waals surface area (Å²) in [7, 11) is -3.33. The van der Waals surface area contributed by atoms with Crippen LogP contribution in [0.5, 0.6) is 0 Å². The second-order valence-corrected chi connectivity index (χ2v) is 10.1. The number of sulfonamides is 1. The van der Waals surface area contributed by atoms with Gasteiger partial charge >= 0.3 is 0 Å². The first kappa shape index (κ1) is 21.4. The van der Waals surface area contributed by atoms with Crippen molar-refractivity contribution in [1.29, 1.82) is 0 Å². The molecule has 8 heteroatoms. The van der Waals surface area contributed by atoms with Crippen LogP contribution < -0.4 is 14.9 Å². The molecule has 1 aromatic heterocycles. The average Bonchev–Trinajstić information content (AvgIpc) is 2.67. The smallest absolute Gasteiger partial charge is 0.235 e. The molecule has 0 aliphatic carbocycles. The molecule has 2 N–H and O–H groups in total.